The summed E-state index contributed by atoms with van der Waals surface area (Å²) in [6, 6.07) is 22.0. The van der Waals surface area contributed by atoms with E-state index in [9.17, 15) is 9.59 Å². The Labute approximate surface area is 212 Å². The van der Waals surface area contributed by atoms with Crippen molar-refractivity contribution in [2.45, 2.75) is 13.5 Å². The van der Waals surface area contributed by atoms with Gasteiger partial charge in [0, 0.05) is 23.9 Å². The van der Waals surface area contributed by atoms with Crippen molar-refractivity contribution in [2.75, 3.05) is 19.0 Å². The quantitative estimate of drug-likeness (QED) is 0.295. The highest BCUT2D eigenvalue weighted by molar-refractivity contribution is 6.11. The molecule has 0 spiro atoms. The summed E-state index contributed by atoms with van der Waals surface area (Å²) in [5.74, 6) is -0.259. The molecular weight excluding hydrogens is 472 g/mol. The number of fused-ring (bicyclic) bond motifs is 1. The molecule has 5 aromatic rings. The molecule has 1 N–H and O–H groups in total. The van der Waals surface area contributed by atoms with E-state index in [-0.39, 0.29) is 12.3 Å². The first-order chi connectivity index (χ1) is 18.1. The van der Waals surface area contributed by atoms with Crippen LogP contribution < -0.4 is 10.1 Å². The number of carbonyl (C=O) groups excluding carboxylic acids is 2. The molecule has 3 aromatic carbocycles. The fraction of sp³-hybridized carbons (Fsp3) is 0.143. The number of anilines is 1. The average Bonchev–Trinajstić information content (AvgIpc) is 3.53. The second-order valence-corrected chi connectivity index (χ2v) is 8.25. The van der Waals surface area contributed by atoms with Crippen molar-refractivity contribution in [2.24, 2.45) is 0 Å². The van der Waals surface area contributed by atoms with Crippen molar-refractivity contribution in [3.8, 4) is 16.9 Å². The second-order valence-electron chi connectivity index (χ2n) is 8.25. The molecule has 0 fully saturated rings. The van der Waals surface area contributed by atoms with E-state index in [0.29, 0.717) is 40.1 Å². The van der Waals surface area contributed by atoms with Gasteiger partial charge in [0.1, 0.15) is 16.8 Å². The Bertz CT molecular complexity index is 1560. The molecule has 2 aromatic heterocycles. The largest absolute Gasteiger partial charge is 0.497 e. The van der Waals surface area contributed by atoms with Crippen LogP contribution in [0.2, 0.25) is 0 Å². The second kappa shape index (κ2) is 10.4. The van der Waals surface area contributed by atoms with Gasteiger partial charge in [-0.2, -0.15) is 0 Å². The summed E-state index contributed by atoms with van der Waals surface area (Å²) in [5.41, 5.74) is 4.38. The van der Waals surface area contributed by atoms with Crippen LogP contribution in [0.5, 0.6) is 5.75 Å². The Morgan fingerprint density at radius 3 is 2.46 bits per heavy atom. The van der Waals surface area contributed by atoms with E-state index < -0.39 is 11.9 Å². The normalized spacial score (nSPS) is 10.9. The molecular formula is C28H24N4O5. The highest BCUT2D eigenvalue weighted by atomic mass is 16.6. The van der Waals surface area contributed by atoms with Gasteiger partial charge in [-0.05, 0) is 58.7 Å². The van der Waals surface area contributed by atoms with Crippen molar-refractivity contribution in [1.29, 1.82) is 0 Å². The predicted octanol–water partition coefficient (Wildman–Crippen LogP) is 5.18. The van der Waals surface area contributed by atoms with E-state index in [2.05, 4.69) is 15.6 Å². The van der Waals surface area contributed by atoms with Crippen LogP contribution in [0.25, 0.3) is 22.2 Å². The third kappa shape index (κ3) is 4.92. The van der Waals surface area contributed by atoms with Crippen molar-refractivity contribution < 1.29 is 23.7 Å². The number of esters is 1. The minimum Gasteiger partial charge on any atom is -0.497 e. The van der Waals surface area contributed by atoms with Gasteiger partial charge in [0.15, 0.2) is 5.69 Å². The van der Waals surface area contributed by atoms with E-state index in [1.54, 1.807) is 36.8 Å². The topological polar surface area (TPSA) is 108 Å². The number of benzene rings is 3. The van der Waals surface area contributed by atoms with Gasteiger partial charge >= 0.3 is 5.97 Å². The van der Waals surface area contributed by atoms with E-state index in [1.807, 2.05) is 60.8 Å². The van der Waals surface area contributed by atoms with Crippen LogP contribution in [0.3, 0.4) is 0 Å². The summed E-state index contributed by atoms with van der Waals surface area (Å²) in [6.07, 6.45) is 1.85. The van der Waals surface area contributed by atoms with Crippen LogP contribution in [-0.2, 0) is 11.3 Å². The zero-order valence-corrected chi connectivity index (χ0v) is 20.3. The van der Waals surface area contributed by atoms with Crippen LogP contribution in [0.1, 0.15) is 33.3 Å². The number of nitrogens with one attached hydrogen (secondary N) is 1. The number of hydrogen-bond acceptors (Lipinski definition) is 7. The SMILES string of the molecule is CCOC(=O)c1c(NC(=O)c2ccc3nonc3c2)c(-c2ccc(OC)cc2)cn1Cc1ccccc1. The van der Waals surface area contributed by atoms with Gasteiger partial charge in [-0.15, -0.1) is 0 Å². The molecule has 37 heavy (non-hydrogen) atoms. The van der Waals surface area contributed by atoms with Gasteiger partial charge < -0.3 is 19.4 Å². The maximum atomic E-state index is 13.4. The van der Waals surface area contributed by atoms with E-state index in [4.69, 9.17) is 14.1 Å². The molecule has 0 bridgehead atoms. The number of carbonyl (C=O) groups is 2. The van der Waals surface area contributed by atoms with Gasteiger partial charge in [-0.3, -0.25) is 4.79 Å². The average molecular weight is 497 g/mol. The highest BCUT2D eigenvalue weighted by Crippen LogP contribution is 2.35. The maximum absolute atomic E-state index is 13.4. The minimum atomic E-state index is -0.537. The number of methoxy groups -OCH3 is 1. The van der Waals surface area contributed by atoms with Gasteiger partial charge in [-0.25, -0.2) is 9.42 Å². The lowest BCUT2D eigenvalue weighted by atomic mass is 10.1. The molecule has 0 saturated heterocycles. The fourth-order valence-electron chi connectivity index (χ4n) is 4.10. The summed E-state index contributed by atoms with van der Waals surface area (Å²) < 4.78 is 17.2. The minimum absolute atomic E-state index is 0.191. The van der Waals surface area contributed by atoms with Crippen molar-refractivity contribution >= 4 is 28.6 Å². The summed E-state index contributed by atoms with van der Waals surface area (Å²) in [4.78, 5) is 26.6. The highest BCUT2D eigenvalue weighted by Gasteiger charge is 2.26. The molecule has 0 atom stereocenters. The number of aromatic nitrogens is 3. The summed E-state index contributed by atoms with van der Waals surface area (Å²) in [7, 11) is 1.59. The van der Waals surface area contributed by atoms with Crippen molar-refractivity contribution in [3.05, 3.63) is 95.8 Å². The molecule has 0 aliphatic carbocycles. The number of hydrogen-bond donors (Lipinski definition) is 1. The monoisotopic (exact) mass is 496 g/mol. The van der Waals surface area contributed by atoms with E-state index in [0.717, 1.165) is 11.1 Å². The van der Waals surface area contributed by atoms with E-state index >= 15 is 0 Å². The van der Waals surface area contributed by atoms with Gasteiger partial charge in [0.05, 0.1) is 19.4 Å². The number of amides is 1. The fourth-order valence-corrected chi connectivity index (χ4v) is 4.10. The summed E-state index contributed by atoms with van der Waals surface area (Å²) in [5, 5.41) is 10.5. The molecule has 1 amide bonds. The molecule has 0 aliphatic rings. The molecule has 186 valence electrons. The van der Waals surface area contributed by atoms with Crippen molar-refractivity contribution in [1.82, 2.24) is 14.9 Å². The lowest BCUT2D eigenvalue weighted by molar-refractivity contribution is 0.0515. The van der Waals surface area contributed by atoms with Gasteiger partial charge in [-0.1, -0.05) is 42.5 Å². The lowest BCUT2D eigenvalue weighted by Crippen LogP contribution is -2.18. The first-order valence-electron chi connectivity index (χ1n) is 11.7. The van der Waals surface area contributed by atoms with Gasteiger partial charge in [0.25, 0.3) is 5.91 Å². The number of rotatable bonds is 8. The maximum Gasteiger partial charge on any atom is 0.357 e. The molecule has 0 saturated carbocycles. The molecule has 5 rings (SSSR count). The van der Waals surface area contributed by atoms with Gasteiger partial charge in [0.2, 0.25) is 0 Å². The first-order valence-corrected chi connectivity index (χ1v) is 11.7. The summed E-state index contributed by atoms with van der Waals surface area (Å²) in [6.45, 7) is 2.34. The number of ether oxygens (including phenoxy) is 2. The van der Waals surface area contributed by atoms with Crippen molar-refractivity contribution in [3.63, 3.8) is 0 Å². The Morgan fingerprint density at radius 2 is 1.73 bits per heavy atom. The molecule has 0 unspecified atom stereocenters. The zero-order valence-electron chi connectivity index (χ0n) is 20.3. The molecule has 9 heteroatoms. The standard InChI is InChI=1S/C28H24N4O5/c1-3-36-28(34)26-25(29-27(33)20-11-14-23-24(15-20)31-37-30-23)22(19-9-12-21(35-2)13-10-19)17-32(26)16-18-7-5-4-6-8-18/h4-15,17H,3,16H2,1-2H3,(H,29,33). The van der Waals surface area contributed by atoms with Crippen LogP contribution in [0.15, 0.2) is 83.6 Å². The predicted molar refractivity (Wildman–Crippen MR) is 138 cm³/mol. The van der Waals surface area contributed by atoms with Crippen LogP contribution in [0.4, 0.5) is 5.69 Å². The Balaban J connectivity index is 1.63. The number of nitrogens with zero attached hydrogens (tertiary/aromatic N) is 3. The molecule has 0 radical (unpaired) electrons. The molecule has 2 heterocycles. The Kier molecular flexibility index (Phi) is 6.67. The van der Waals surface area contributed by atoms with Crippen LogP contribution in [0, 0.1) is 0 Å². The zero-order chi connectivity index (χ0) is 25.8. The first kappa shape index (κ1) is 23.8. The van der Waals surface area contributed by atoms with Crippen LogP contribution >= 0.6 is 0 Å². The summed E-state index contributed by atoms with van der Waals surface area (Å²) >= 11 is 0. The smallest absolute Gasteiger partial charge is 0.357 e. The third-order valence-corrected chi connectivity index (χ3v) is 5.90. The molecule has 0 aliphatic heterocycles. The Hall–Kier alpha value is -4.92. The van der Waals surface area contributed by atoms with Crippen LogP contribution in [-0.4, -0.2) is 40.5 Å². The third-order valence-electron chi connectivity index (χ3n) is 5.90. The molecule has 9 nitrogen and oxygen atoms in total. The van der Waals surface area contributed by atoms with E-state index in [1.165, 1.54) is 0 Å². The Morgan fingerprint density at radius 1 is 0.973 bits per heavy atom. The lowest BCUT2D eigenvalue weighted by Gasteiger charge is -2.12.